The van der Waals surface area contributed by atoms with Crippen molar-refractivity contribution in [1.29, 1.82) is 0 Å². The second-order valence-electron chi connectivity index (χ2n) is 5.15. The summed E-state index contributed by atoms with van der Waals surface area (Å²) in [6, 6.07) is 8.11. The maximum absolute atomic E-state index is 5.40. The van der Waals surface area contributed by atoms with E-state index >= 15 is 0 Å². The molecule has 86 valence electrons. The summed E-state index contributed by atoms with van der Waals surface area (Å²) in [7, 11) is 0. The number of hydrogen-bond acceptors (Lipinski definition) is 1. The molecule has 0 heterocycles. The van der Waals surface area contributed by atoms with Gasteiger partial charge in [0, 0.05) is 17.8 Å². The van der Waals surface area contributed by atoms with Gasteiger partial charge in [-0.05, 0) is 48.8 Å². The van der Waals surface area contributed by atoms with Crippen molar-refractivity contribution in [3.05, 3.63) is 42.0 Å². The van der Waals surface area contributed by atoms with Gasteiger partial charge in [-0.15, -0.1) is 6.42 Å². The number of allylic oxidation sites excluding steroid dienone is 2. The molecule has 2 aliphatic rings. The van der Waals surface area contributed by atoms with Crippen LogP contribution in [-0.2, 0) is 0 Å². The molecule has 0 saturated heterocycles. The van der Waals surface area contributed by atoms with Crippen molar-refractivity contribution in [2.24, 2.45) is 17.8 Å². The molecule has 1 aromatic carbocycles. The first-order valence-electron chi connectivity index (χ1n) is 6.34. The Morgan fingerprint density at radius 3 is 2.94 bits per heavy atom. The molecular formula is C16H17N. The van der Waals surface area contributed by atoms with Crippen molar-refractivity contribution in [2.75, 3.05) is 11.9 Å². The third-order valence-corrected chi connectivity index (χ3v) is 4.01. The molecule has 0 spiro atoms. The molecule has 2 bridgehead atoms. The van der Waals surface area contributed by atoms with Gasteiger partial charge in [-0.25, -0.2) is 0 Å². The van der Waals surface area contributed by atoms with Gasteiger partial charge in [-0.2, -0.15) is 0 Å². The lowest BCUT2D eigenvalue weighted by molar-refractivity contribution is 0.472. The van der Waals surface area contributed by atoms with Crippen LogP contribution in [0.5, 0.6) is 0 Å². The molecule has 0 radical (unpaired) electrons. The van der Waals surface area contributed by atoms with Crippen LogP contribution in [0, 0.1) is 30.1 Å². The lowest BCUT2D eigenvalue weighted by atomic mass is 9.93. The topological polar surface area (TPSA) is 12.0 Å². The molecule has 1 saturated carbocycles. The molecular weight excluding hydrogens is 206 g/mol. The van der Waals surface area contributed by atoms with Gasteiger partial charge < -0.3 is 5.32 Å². The van der Waals surface area contributed by atoms with Gasteiger partial charge in [-0.3, -0.25) is 0 Å². The maximum Gasteiger partial charge on any atom is 0.0352 e. The van der Waals surface area contributed by atoms with Crippen LogP contribution in [0.2, 0.25) is 0 Å². The van der Waals surface area contributed by atoms with Crippen molar-refractivity contribution in [2.45, 2.75) is 12.8 Å². The van der Waals surface area contributed by atoms with Crippen molar-refractivity contribution in [3.8, 4) is 12.3 Å². The summed E-state index contributed by atoms with van der Waals surface area (Å²) >= 11 is 0. The lowest BCUT2D eigenvalue weighted by Gasteiger charge is -2.19. The van der Waals surface area contributed by atoms with Crippen LogP contribution in [0.3, 0.4) is 0 Å². The highest BCUT2D eigenvalue weighted by molar-refractivity contribution is 5.50. The molecule has 2 aliphatic carbocycles. The van der Waals surface area contributed by atoms with Crippen LogP contribution >= 0.6 is 0 Å². The lowest BCUT2D eigenvalue weighted by Crippen LogP contribution is -2.18. The summed E-state index contributed by atoms with van der Waals surface area (Å²) in [6.45, 7) is 1.07. The average Bonchev–Trinajstić information content (AvgIpc) is 2.99. The fraction of sp³-hybridized carbons (Fsp3) is 0.375. The summed E-state index contributed by atoms with van der Waals surface area (Å²) in [5.41, 5.74) is 2.09. The van der Waals surface area contributed by atoms with E-state index < -0.39 is 0 Å². The van der Waals surface area contributed by atoms with Gasteiger partial charge in [0.2, 0.25) is 0 Å². The zero-order valence-electron chi connectivity index (χ0n) is 9.89. The minimum absolute atomic E-state index is 0.805. The minimum atomic E-state index is 0.805. The van der Waals surface area contributed by atoms with E-state index in [-0.39, 0.29) is 0 Å². The molecule has 1 heteroatoms. The predicted molar refractivity (Wildman–Crippen MR) is 71.7 cm³/mol. The maximum atomic E-state index is 5.40. The molecule has 1 aromatic rings. The van der Waals surface area contributed by atoms with E-state index in [1.54, 1.807) is 0 Å². The van der Waals surface area contributed by atoms with E-state index in [0.717, 1.165) is 35.5 Å². The largest absolute Gasteiger partial charge is 0.385 e. The van der Waals surface area contributed by atoms with Crippen LogP contribution in [0.15, 0.2) is 36.4 Å². The van der Waals surface area contributed by atoms with Crippen molar-refractivity contribution in [3.63, 3.8) is 0 Å². The van der Waals surface area contributed by atoms with Crippen molar-refractivity contribution < 1.29 is 0 Å². The van der Waals surface area contributed by atoms with Gasteiger partial charge in [0.1, 0.15) is 0 Å². The second kappa shape index (κ2) is 4.30. The molecule has 0 amide bonds. The first kappa shape index (κ1) is 10.5. The van der Waals surface area contributed by atoms with Gasteiger partial charge in [0.05, 0.1) is 0 Å². The Morgan fingerprint density at radius 2 is 2.24 bits per heavy atom. The molecule has 0 aromatic heterocycles. The monoisotopic (exact) mass is 223 g/mol. The highest BCUT2D eigenvalue weighted by Crippen LogP contribution is 2.43. The van der Waals surface area contributed by atoms with Crippen LogP contribution in [0.4, 0.5) is 5.69 Å². The molecule has 0 aliphatic heterocycles. The standard InChI is InChI=1S/C16H17N/c1-2-12-4-3-5-16(10-12)17-11-15-9-13-6-7-14(15)8-13/h1,3-7,10,13-15,17H,8-9,11H2. The van der Waals surface area contributed by atoms with Crippen molar-refractivity contribution in [1.82, 2.24) is 0 Å². The normalized spacial score (nSPS) is 29.2. The Bertz CT molecular complexity index is 481. The molecule has 1 nitrogen and oxygen atoms in total. The number of terminal acetylenes is 1. The summed E-state index contributed by atoms with van der Waals surface area (Å²) in [6.07, 6.45) is 12.9. The van der Waals surface area contributed by atoms with Crippen LogP contribution < -0.4 is 5.32 Å². The molecule has 1 N–H and O–H groups in total. The average molecular weight is 223 g/mol. The van der Waals surface area contributed by atoms with Crippen LogP contribution in [0.1, 0.15) is 18.4 Å². The van der Waals surface area contributed by atoms with Crippen molar-refractivity contribution >= 4 is 5.69 Å². The fourth-order valence-electron chi connectivity index (χ4n) is 3.10. The summed E-state index contributed by atoms with van der Waals surface area (Å²) in [4.78, 5) is 0. The third kappa shape index (κ3) is 2.08. The molecule has 17 heavy (non-hydrogen) atoms. The van der Waals surface area contributed by atoms with E-state index in [9.17, 15) is 0 Å². The van der Waals surface area contributed by atoms with E-state index in [1.165, 1.54) is 12.8 Å². The number of hydrogen-bond donors (Lipinski definition) is 1. The van der Waals surface area contributed by atoms with Gasteiger partial charge in [0.15, 0.2) is 0 Å². The Morgan fingerprint density at radius 1 is 1.29 bits per heavy atom. The zero-order chi connectivity index (χ0) is 11.7. The van der Waals surface area contributed by atoms with E-state index in [0.29, 0.717) is 0 Å². The molecule has 3 unspecified atom stereocenters. The summed E-state index contributed by atoms with van der Waals surface area (Å²) in [5, 5.41) is 3.52. The summed E-state index contributed by atoms with van der Waals surface area (Å²) < 4.78 is 0. The third-order valence-electron chi connectivity index (χ3n) is 4.01. The minimum Gasteiger partial charge on any atom is -0.385 e. The Hall–Kier alpha value is -1.68. The Kier molecular flexibility index (Phi) is 2.65. The fourth-order valence-corrected chi connectivity index (χ4v) is 3.10. The molecule has 3 atom stereocenters. The molecule has 1 fully saturated rings. The molecule has 3 rings (SSSR count). The predicted octanol–water partition coefficient (Wildman–Crippen LogP) is 3.29. The summed E-state index contributed by atoms with van der Waals surface area (Å²) in [5.74, 6) is 5.14. The number of anilines is 1. The number of rotatable bonds is 3. The number of benzene rings is 1. The van der Waals surface area contributed by atoms with Gasteiger partial charge in [0.25, 0.3) is 0 Å². The smallest absolute Gasteiger partial charge is 0.0352 e. The van der Waals surface area contributed by atoms with E-state index in [4.69, 9.17) is 6.42 Å². The first-order valence-corrected chi connectivity index (χ1v) is 6.34. The Balaban J connectivity index is 1.61. The van der Waals surface area contributed by atoms with E-state index in [2.05, 4.69) is 29.5 Å². The van der Waals surface area contributed by atoms with Crippen LogP contribution in [0.25, 0.3) is 0 Å². The highest BCUT2D eigenvalue weighted by Gasteiger charge is 2.35. The number of fused-ring (bicyclic) bond motifs is 2. The quantitative estimate of drug-likeness (QED) is 0.612. The SMILES string of the molecule is C#Cc1cccc(NCC2CC3C=CC2C3)c1. The van der Waals surface area contributed by atoms with E-state index in [1.807, 2.05) is 18.2 Å². The second-order valence-corrected chi connectivity index (χ2v) is 5.15. The highest BCUT2D eigenvalue weighted by atomic mass is 14.9. The first-order chi connectivity index (χ1) is 8.35. The van der Waals surface area contributed by atoms with Gasteiger partial charge in [-0.1, -0.05) is 24.1 Å². The van der Waals surface area contributed by atoms with Gasteiger partial charge >= 0.3 is 0 Å². The number of nitrogens with one attached hydrogen (secondary N) is 1. The van der Waals surface area contributed by atoms with Crippen LogP contribution in [-0.4, -0.2) is 6.54 Å². The zero-order valence-corrected chi connectivity index (χ0v) is 9.89. The Labute approximate surface area is 103 Å².